The normalized spacial score (nSPS) is 12.5. The largest absolute Gasteiger partial charge is 0.303 e. The number of halogens is 1. The van der Waals surface area contributed by atoms with E-state index in [4.69, 9.17) is 11.6 Å². The molecule has 1 aromatic rings. The predicted octanol–water partition coefficient (Wildman–Crippen LogP) is 3.75. The van der Waals surface area contributed by atoms with Crippen molar-refractivity contribution in [1.82, 2.24) is 0 Å². The third kappa shape index (κ3) is 2.76. The molecule has 0 saturated carbocycles. The highest BCUT2D eigenvalue weighted by atomic mass is 35.5. The highest BCUT2D eigenvalue weighted by molar-refractivity contribution is 7.98. The molecule has 0 aliphatic rings. The number of hydrogen-bond donors (Lipinski definition) is 0. The Labute approximate surface area is 93.8 Å². The Kier molecular flexibility index (Phi) is 4.49. The monoisotopic (exact) mass is 228 g/mol. The molecule has 0 heterocycles. The van der Waals surface area contributed by atoms with Crippen LogP contribution in [0.25, 0.3) is 0 Å². The Morgan fingerprint density at radius 3 is 2.79 bits per heavy atom. The van der Waals surface area contributed by atoms with Crippen molar-refractivity contribution >= 4 is 29.6 Å². The van der Waals surface area contributed by atoms with Crippen LogP contribution in [0, 0.1) is 0 Å². The average molecular weight is 229 g/mol. The van der Waals surface area contributed by atoms with Gasteiger partial charge in [0.05, 0.1) is 5.02 Å². The topological polar surface area (TPSA) is 17.1 Å². The van der Waals surface area contributed by atoms with Crippen LogP contribution in [0.4, 0.5) is 0 Å². The molecule has 0 fully saturated rings. The van der Waals surface area contributed by atoms with E-state index in [-0.39, 0.29) is 5.92 Å². The molecule has 0 N–H and O–H groups in total. The predicted molar refractivity (Wildman–Crippen MR) is 62.3 cm³/mol. The summed E-state index contributed by atoms with van der Waals surface area (Å²) in [5.41, 5.74) is 1.12. The number of benzene rings is 1. The number of aldehydes is 1. The summed E-state index contributed by atoms with van der Waals surface area (Å²) in [7, 11) is 0. The Morgan fingerprint density at radius 1 is 1.57 bits per heavy atom. The molecule has 76 valence electrons. The zero-order chi connectivity index (χ0) is 10.6. The first-order chi connectivity index (χ1) is 6.69. The second kappa shape index (κ2) is 5.42. The summed E-state index contributed by atoms with van der Waals surface area (Å²) in [5.74, 6) is 0.251. The van der Waals surface area contributed by atoms with Gasteiger partial charge in [-0.2, -0.15) is 0 Å². The number of carbonyl (C=O) groups excluding carboxylic acids is 1. The Morgan fingerprint density at radius 2 is 2.29 bits per heavy atom. The van der Waals surface area contributed by atoms with Crippen molar-refractivity contribution in [2.24, 2.45) is 0 Å². The lowest BCUT2D eigenvalue weighted by Crippen LogP contribution is -1.94. The maximum absolute atomic E-state index is 10.4. The van der Waals surface area contributed by atoms with Crippen molar-refractivity contribution in [1.29, 1.82) is 0 Å². The summed E-state index contributed by atoms with van der Waals surface area (Å²) in [6.45, 7) is 2.03. The first kappa shape index (κ1) is 11.6. The van der Waals surface area contributed by atoms with Crippen LogP contribution in [0.1, 0.15) is 24.8 Å². The van der Waals surface area contributed by atoms with Gasteiger partial charge in [0, 0.05) is 11.3 Å². The summed E-state index contributed by atoms with van der Waals surface area (Å²) < 4.78 is 0. The van der Waals surface area contributed by atoms with Gasteiger partial charge in [-0.25, -0.2) is 0 Å². The van der Waals surface area contributed by atoms with E-state index in [0.29, 0.717) is 6.42 Å². The maximum atomic E-state index is 10.4. The van der Waals surface area contributed by atoms with Gasteiger partial charge >= 0.3 is 0 Å². The van der Waals surface area contributed by atoms with E-state index in [1.54, 1.807) is 11.8 Å². The molecule has 0 amide bonds. The van der Waals surface area contributed by atoms with E-state index in [1.807, 2.05) is 31.4 Å². The van der Waals surface area contributed by atoms with E-state index in [1.165, 1.54) is 0 Å². The lowest BCUT2D eigenvalue weighted by atomic mass is 9.99. The van der Waals surface area contributed by atoms with Crippen molar-refractivity contribution in [2.45, 2.75) is 24.2 Å². The van der Waals surface area contributed by atoms with Gasteiger partial charge in [0.25, 0.3) is 0 Å². The standard InChI is InChI=1S/C11H13ClOS/c1-8(5-6-13)9-3-4-11(14-2)10(12)7-9/h3-4,6-8H,5H2,1-2H3. The lowest BCUT2D eigenvalue weighted by Gasteiger charge is -2.09. The van der Waals surface area contributed by atoms with Crippen molar-refractivity contribution < 1.29 is 4.79 Å². The molecule has 0 radical (unpaired) electrons. The molecule has 1 unspecified atom stereocenters. The van der Waals surface area contributed by atoms with Crippen LogP contribution in [0.3, 0.4) is 0 Å². The summed E-state index contributed by atoms with van der Waals surface area (Å²) in [6, 6.07) is 5.98. The first-order valence-corrected chi connectivity index (χ1v) is 6.06. The van der Waals surface area contributed by atoms with Gasteiger partial charge in [0.15, 0.2) is 0 Å². The minimum Gasteiger partial charge on any atom is -0.303 e. The van der Waals surface area contributed by atoms with Crippen molar-refractivity contribution in [2.75, 3.05) is 6.26 Å². The summed E-state index contributed by atoms with van der Waals surface area (Å²) >= 11 is 7.69. The second-order valence-corrected chi connectivity index (χ2v) is 4.45. The van der Waals surface area contributed by atoms with Crippen molar-refractivity contribution in [3.8, 4) is 0 Å². The molecule has 0 spiro atoms. The molecule has 3 heteroatoms. The minimum atomic E-state index is 0.251. The zero-order valence-electron chi connectivity index (χ0n) is 8.29. The highest BCUT2D eigenvalue weighted by Crippen LogP contribution is 2.29. The molecule has 1 atom stereocenters. The van der Waals surface area contributed by atoms with Crippen LogP contribution in [-0.4, -0.2) is 12.5 Å². The third-order valence-corrected chi connectivity index (χ3v) is 3.42. The van der Waals surface area contributed by atoms with Gasteiger partial charge in [-0.3, -0.25) is 0 Å². The first-order valence-electron chi connectivity index (χ1n) is 4.46. The Hall–Kier alpha value is -0.470. The molecule has 0 aromatic heterocycles. The smallest absolute Gasteiger partial charge is 0.120 e. The van der Waals surface area contributed by atoms with Crippen molar-refractivity contribution in [3.63, 3.8) is 0 Å². The molecule has 1 nitrogen and oxygen atoms in total. The Balaban J connectivity index is 2.90. The van der Waals surface area contributed by atoms with E-state index < -0.39 is 0 Å². The van der Waals surface area contributed by atoms with Crippen LogP contribution in [-0.2, 0) is 4.79 Å². The molecule has 14 heavy (non-hydrogen) atoms. The van der Waals surface area contributed by atoms with Crippen LogP contribution in [0.15, 0.2) is 23.1 Å². The molecule has 0 aliphatic heterocycles. The van der Waals surface area contributed by atoms with Crippen LogP contribution in [0.5, 0.6) is 0 Å². The third-order valence-electron chi connectivity index (χ3n) is 2.19. The van der Waals surface area contributed by atoms with E-state index in [2.05, 4.69) is 0 Å². The van der Waals surface area contributed by atoms with Crippen LogP contribution < -0.4 is 0 Å². The fraction of sp³-hybridized carbons (Fsp3) is 0.364. The van der Waals surface area contributed by atoms with Gasteiger partial charge in [0.1, 0.15) is 6.29 Å². The van der Waals surface area contributed by atoms with Crippen molar-refractivity contribution in [3.05, 3.63) is 28.8 Å². The number of rotatable bonds is 4. The van der Waals surface area contributed by atoms with E-state index >= 15 is 0 Å². The zero-order valence-corrected chi connectivity index (χ0v) is 9.86. The lowest BCUT2D eigenvalue weighted by molar-refractivity contribution is -0.108. The maximum Gasteiger partial charge on any atom is 0.120 e. The molecular weight excluding hydrogens is 216 g/mol. The minimum absolute atomic E-state index is 0.251. The fourth-order valence-electron chi connectivity index (χ4n) is 1.27. The van der Waals surface area contributed by atoms with E-state index in [0.717, 1.165) is 21.8 Å². The second-order valence-electron chi connectivity index (χ2n) is 3.20. The molecule has 0 aliphatic carbocycles. The van der Waals surface area contributed by atoms with E-state index in [9.17, 15) is 4.79 Å². The quantitative estimate of drug-likeness (QED) is 0.577. The molecule has 1 rings (SSSR count). The molecule has 0 saturated heterocycles. The van der Waals surface area contributed by atoms with Gasteiger partial charge in [-0.15, -0.1) is 11.8 Å². The summed E-state index contributed by atoms with van der Waals surface area (Å²) in [5, 5.41) is 0.771. The van der Waals surface area contributed by atoms with Gasteiger partial charge in [0.2, 0.25) is 0 Å². The number of carbonyl (C=O) groups is 1. The summed E-state index contributed by atoms with van der Waals surface area (Å²) in [6.07, 6.45) is 3.49. The summed E-state index contributed by atoms with van der Waals surface area (Å²) in [4.78, 5) is 11.4. The molecular formula is C11H13ClOS. The van der Waals surface area contributed by atoms with Crippen LogP contribution in [0.2, 0.25) is 5.02 Å². The highest BCUT2D eigenvalue weighted by Gasteiger charge is 2.07. The molecule has 0 bridgehead atoms. The van der Waals surface area contributed by atoms with Gasteiger partial charge < -0.3 is 4.79 Å². The Bertz CT molecular complexity index is 325. The SMILES string of the molecule is CSc1ccc(C(C)CC=O)cc1Cl. The van der Waals surface area contributed by atoms with Gasteiger partial charge in [-0.1, -0.05) is 24.6 Å². The fourth-order valence-corrected chi connectivity index (χ4v) is 2.15. The average Bonchev–Trinajstić information content (AvgIpc) is 2.18. The number of hydrogen-bond acceptors (Lipinski definition) is 2. The van der Waals surface area contributed by atoms with Crippen LogP contribution >= 0.6 is 23.4 Å². The van der Waals surface area contributed by atoms with Gasteiger partial charge in [-0.05, 0) is 29.9 Å². The number of thioether (sulfide) groups is 1. The molecule has 1 aromatic carbocycles.